The molecule has 1 aromatic rings. The van der Waals surface area contributed by atoms with E-state index in [0.29, 0.717) is 12.1 Å². The van der Waals surface area contributed by atoms with Gasteiger partial charge in [-0.05, 0) is 39.5 Å². The van der Waals surface area contributed by atoms with Gasteiger partial charge in [-0.3, -0.25) is 9.80 Å². The van der Waals surface area contributed by atoms with Crippen molar-refractivity contribution in [3.8, 4) is 0 Å². The number of nitrogens with zero attached hydrogens (tertiary/aromatic N) is 5. The van der Waals surface area contributed by atoms with E-state index in [1.54, 1.807) is 0 Å². The second-order valence-corrected chi connectivity index (χ2v) is 7.57. The highest BCUT2D eigenvalue weighted by atomic mass is 15.3. The Morgan fingerprint density at radius 2 is 1.75 bits per heavy atom. The van der Waals surface area contributed by atoms with Crippen LogP contribution in [0.15, 0.2) is 12.4 Å². The van der Waals surface area contributed by atoms with E-state index in [4.69, 9.17) is 0 Å². The van der Waals surface area contributed by atoms with Crippen molar-refractivity contribution in [3.05, 3.63) is 18.0 Å². The predicted octanol–water partition coefficient (Wildman–Crippen LogP) is 2.77. The van der Waals surface area contributed by atoms with Gasteiger partial charge in [0, 0.05) is 69.3 Å². The summed E-state index contributed by atoms with van der Waals surface area (Å²) >= 11 is 0. The summed E-state index contributed by atoms with van der Waals surface area (Å²) in [6.45, 7) is 13.6. The lowest BCUT2D eigenvalue weighted by Crippen LogP contribution is -2.54. The minimum atomic E-state index is 0.643. The van der Waals surface area contributed by atoms with Gasteiger partial charge in [-0.15, -0.1) is 0 Å². The average molecular weight is 332 g/mol. The van der Waals surface area contributed by atoms with Gasteiger partial charge >= 0.3 is 0 Å². The summed E-state index contributed by atoms with van der Waals surface area (Å²) in [6.07, 6.45) is 9.17. The third-order valence-electron chi connectivity index (χ3n) is 5.48. The zero-order chi connectivity index (χ0) is 16.9. The first-order chi connectivity index (χ1) is 11.7. The van der Waals surface area contributed by atoms with Crippen LogP contribution in [0.5, 0.6) is 0 Å². The highest BCUT2D eigenvalue weighted by Gasteiger charge is 2.27. The molecule has 1 atom stereocenters. The summed E-state index contributed by atoms with van der Waals surface area (Å²) in [4.78, 5) is 16.8. The lowest BCUT2D eigenvalue weighted by Gasteiger charge is -2.43. The van der Waals surface area contributed by atoms with E-state index in [2.05, 4.69) is 45.4 Å². The largest absolute Gasteiger partial charge is 0.341 e. The van der Waals surface area contributed by atoms with Crippen LogP contribution in [0.25, 0.3) is 0 Å². The lowest BCUT2D eigenvalue weighted by atomic mass is 10.1. The van der Waals surface area contributed by atoms with Crippen LogP contribution in [0.4, 0.5) is 5.95 Å². The first-order valence-corrected chi connectivity index (χ1v) is 9.71. The van der Waals surface area contributed by atoms with Crippen molar-refractivity contribution in [2.45, 2.75) is 65.1 Å². The molecule has 3 rings (SSSR count). The Bertz CT molecular complexity index is 495. The highest BCUT2D eigenvalue weighted by molar-refractivity contribution is 5.30. The fourth-order valence-electron chi connectivity index (χ4n) is 4.07. The van der Waals surface area contributed by atoms with Crippen LogP contribution in [0, 0.1) is 0 Å². The van der Waals surface area contributed by atoms with Crippen molar-refractivity contribution in [1.82, 2.24) is 19.8 Å². The number of rotatable bonds is 5. The molecule has 0 N–H and O–H groups in total. The quantitative estimate of drug-likeness (QED) is 0.829. The average Bonchev–Trinajstić information content (AvgIpc) is 2.63. The molecule has 2 aliphatic heterocycles. The Morgan fingerprint density at radius 3 is 2.38 bits per heavy atom. The molecule has 2 fully saturated rings. The van der Waals surface area contributed by atoms with Crippen LogP contribution in [0.2, 0.25) is 0 Å². The van der Waals surface area contributed by atoms with E-state index in [-0.39, 0.29) is 0 Å². The lowest BCUT2D eigenvalue weighted by molar-refractivity contribution is 0.0456. The molecular weight excluding hydrogens is 298 g/mol. The standard InChI is InChI=1S/C19H33N5/c1-4-18-15-22(10-11-24(18)16(2)3)14-17-12-20-19(21-13-17)23-8-6-5-7-9-23/h12-13,16,18H,4-11,14-15H2,1-3H3/t18-/m1/s1. The SMILES string of the molecule is CC[C@@H]1CN(Cc2cnc(N3CCCCC3)nc2)CCN1C(C)C. The van der Waals surface area contributed by atoms with E-state index in [1.807, 2.05) is 12.4 Å². The van der Waals surface area contributed by atoms with E-state index in [9.17, 15) is 0 Å². The van der Waals surface area contributed by atoms with Crippen molar-refractivity contribution in [2.24, 2.45) is 0 Å². The molecule has 24 heavy (non-hydrogen) atoms. The molecule has 5 nitrogen and oxygen atoms in total. The Balaban J connectivity index is 1.56. The molecule has 3 heterocycles. The van der Waals surface area contributed by atoms with Crippen molar-refractivity contribution < 1.29 is 0 Å². The number of aromatic nitrogens is 2. The minimum Gasteiger partial charge on any atom is -0.341 e. The van der Waals surface area contributed by atoms with Gasteiger partial charge in [0.15, 0.2) is 0 Å². The van der Waals surface area contributed by atoms with Crippen molar-refractivity contribution in [1.29, 1.82) is 0 Å². The summed E-state index contributed by atoms with van der Waals surface area (Å²) in [5.74, 6) is 0.912. The number of piperazine rings is 1. The maximum atomic E-state index is 4.63. The fraction of sp³-hybridized carbons (Fsp3) is 0.789. The smallest absolute Gasteiger partial charge is 0.225 e. The molecule has 2 saturated heterocycles. The number of hydrogen-bond donors (Lipinski definition) is 0. The summed E-state index contributed by atoms with van der Waals surface area (Å²) < 4.78 is 0. The third kappa shape index (κ3) is 4.25. The van der Waals surface area contributed by atoms with Gasteiger partial charge in [0.1, 0.15) is 0 Å². The summed E-state index contributed by atoms with van der Waals surface area (Å²) in [6, 6.07) is 1.32. The van der Waals surface area contributed by atoms with Crippen LogP contribution in [-0.2, 0) is 6.54 Å². The minimum absolute atomic E-state index is 0.643. The van der Waals surface area contributed by atoms with Crippen LogP contribution >= 0.6 is 0 Å². The topological polar surface area (TPSA) is 35.5 Å². The van der Waals surface area contributed by atoms with Gasteiger partial charge in [0.25, 0.3) is 0 Å². The first kappa shape index (κ1) is 17.6. The number of piperidine rings is 1. The van der Waals surface area contributed by atoms with Gasteiger partial charge < -0.3 is 4.90 Å². The van der Waals surface area contributed by atoms with E-state index < -0.39 is 0 Å². The molecule has 134 valence electrons. The number of anilines is 1. The van der Waals surface area contributed by atoms with Gasteiger partial charge in [-0.1, -0.05) is 6.92 Å². The molecule has 0 amide bonds. The molecule has 0 aromatic carbocycles. The van der Waals surface area contributed by atoms with Crippen molar-refractivity contribution in [3.63, 3.8) is 0 Å². The van der Waals surface area contributed by atoms with Crippen LogP contribution in [-0.4, -0.2) is 64.6 Å². The van der Waals surface area contributed by atoms with Gasteiger partial charge in [0.2, 0.25) is 5.95 Å². The summed E-state index contributed by atoms with van der Waals surface area (Å²) in [7, 11) is 0. The van der Waals surface area contributed by atoms with E-state index in [1.165, 1.54) is 37.8 Å². The Kier molecular flexibility index (Phi) is 6.06. The van der Waals surface area contributed by atoms with Crippen LogP contribution in [0.1, 0.15) is 52.0 Å². The zero-order valence-corrected chi connectivity index (χ0v) is 15.6. The highest BCUT2D eigenvalue weighted by Crippen LogP contribution is 2.19. The number of hydrogen-bond acceptors (Lipinski definition) is 5. The third-order valence-corrected chi connectivity index (χ3v) is 5.48. The van der Waals surface area contributed by atoms with Crippen LogP contribution < -0.4 is 4.90 Å². The van der Waals surface area contributed by atoms with Gasteiger partial charge in [-0.25, -0.2) is 9.97 Å². The maximum absolute atomic E-state index is 4.63. The first-order valence-electron chi connectivity index (χ1n) is 9.71. The molecule has 0 unspecified atom stereocenters. The van der Waals surface area contributed by atoms with E-state index in [0.717, 1.165) is 38.7 Å². The second kappa shape index (κ2) is 8.26. The molecule has 0 bridgehead atoms. The summed E-state index contributed by atoms with van der Waals surface area (Å²) in [5.41, 5.74) is 1.24. The molecule has 0 aliphatic carbocycles. The Labute approximate surface area is 147 Å². The zero-order valence-electron chi connectivity index (χ0n) is 15.6. The fourth-order valence-corrected chi connectivity index (χ4v) is 4.07. The molecule has 5 heteroatoms. The normalized spacial score (nSPS) is 23.8. The van der Waals surface area contributed by atoms with Crippen molar-refractivity contribution >= 4 is 5.95 Å². The van der Waals surface area contributed by atoms with Crippen LogP contribution in [0.3, 0.4) is 0 Å². The molecular formula is C19H33N5. The van der Waals surface area contributed by atoms with Gasteiger partial charge in [-0.2, -0.15) is 0 Å². The molecule has 1 aromatic heterocycles. The maximum Gasteiger partial charge on any atom is 0.225 e. The molecule has 0 saturated carbocycles. The predicted molar refractivity (Wildman–Crippen MR) is 99.3 cm³/mol. The van der Waals surface area contributed by atoms with E-state index >= 15 is 0 Å². The summed E-state index contributed by atoms with van der Waals surface area (Å²) in [5, 5.41) is 0. The molecule has 2 aliphatic rings. The Hall–Kier alpha value is -1.20. The monoisotopic (exact) mass is 331 g/mol. The molecule has 0 spiro atoms. The van der Waals surface area contributed by atoms with Crippen molar-refractivity contribution in [2.75, 3.05) is 37.6 Å². The Morgan fingerprint density at radius 1 is 1.04 bits per heavy atom. The molecule has 0 radical (unpaired) electrons. The van der Waals surface area contributed by atoms with Gasteiger partial charge in [0.05, 0.1) is 0 Å². The second-order valence-electron chi connectivity index (χ2n) is 7.57.